The van der Waals surface area contributed by atoms with E-state index in [9.17, 15) is 18.0 Å². The van der Waals surface area contributed by atoms with Gasteiger partial charge in [-0.2, -0.15) is 0 Å². The average Bonchev–Trinajstić information content (AvgIpc) is 3.00. The largest absolute Gasteiger partial charge is 0.352 e. The molecule has 1 N–H and O–H groups in total. The van der Waals surface area contributed by atoms with Gasteiger partial charge >= 0.3 is 0 Å². The Kier molecular flexibility index (Phi) is 11.7. The van der Waals surface area contributed by atoms with Gasteiger partial charge in [-0.3, -0.25) is 13.9 Å². The predicted molar refractivity (Wildman–Crippen MR) is 184 cm³/mol. The van der Waals surface area contributed by atoms with Crippen LogP contribution < -0.4 is 9.62 Å². The highest BCUT2D eigenvalue weighted by Gasteiger charge is 2.35. The van der Waals surface area contributed by atoms with E-state index in [1.54, 1.807) is 54.6 Å². The van der Waals surface area contributed by atoms with Crippen LogP contribution >= 0.6 is 39.1 Å². The summed E-state index contributed by atoms with van der Waals surface area (Å²) in [6.45, 7) is 4.97. The monoisotopic (exact) mass is 729 g/mol. The van der Waals surface area contributed by atoms with Crippen molar-refractivity contribution < 1.29 is 18.0 Å². The Morgan fingerprint density at radius 1 is 0.844 bits per heavy atom. The minimum absolute atomic E-state index is 0.0164. The molecule has 0 fully saturated rings. The molecular formula is C34H34BrCl2N3O4S. The molecule has 0 aliphatic rings. The Balaban J connectivity index is 1.81. The zero-order valence-electron chi connectivity index (χ0n) is 25.1. The summed E-state index contributed by atoms with van der Waals surface area (Å²) in [6.07, 6.45) is 0.204. The second kappa shape index (κ2) is 15.3. The number of hydrogen-bond acceptors (Lipinski definition) is 4. The highest BCUT2D eigenvalue weighted by atomic mass is 79.9. The van der Waals surface area contributed by atoms with Crippen LogP contribution in [0.1, 0.15) is 30.5 Å². The molecule has 0 bridgehead atoms. The van der Waals surface area contributed by atoms with E-state index in [0.29, 0.717) is 21.3 Å². The second-order valence-electron chi connectivity index (χ2n) is 10.9. The number of halogens is 3. The topological polar surface area (TPSA) is 86.8 Å². The molecule has 1 atom stereocenters. The first-order chi connectivity index (χ1) is 21.3. The fourth-order valence-corrected chi connectivity index (χ4v) is 6.74. The van der Waals surface area contributed by atoms with Gasteiger partial charge in [-0.1, -0.05) is 93.2 Å². The minimum atomic E-state index is -4.19. The van der Waals surface area contributed by atoms with Crippen LogP contribution in [0, 0.1) is 6.92 Å². The van der Waals surface area contributed by atoms with Gasteiger partial charge in [-0.25, -0.2) is 8.42 Å². The molecule has 0 spiro atoms. The lowest BCUT2D eigenvalue weighted by Crippen LogP contribution is -2.54. The van der Waals surface area contributed by atoms with Crippen LogP contribution in [-0.2, 0) is 32.6 Å². The molecule has 0 saturated carbocycles. The third-order valence-corrected chi connectivity index (χ3v) is 10.1. The van der Waals surface area contributed by atoms with Crippen molar-refractivity contribution in [1.82, 2.24) is 10.2 Å². The van der Waals surface area contributed by atoms with Gasteiger partial charge < -0.3 is 10.2 Å². The van der Waals surface area contributed by atoms with Crippen molar-refractivity contribution in [3.05, 3.63) is 128 Å². The maximum Gasteiger partial charge on any atom is 0.264 e. The summed E-state index contributed by atoms with van der Waals surface area (Å²) >= 11 is 15.9. The SMILES string of the molecule is Cc1ccc(S(=O)(=O)N(CC(=O)N(Cc2ccc(Cl)c(Cl)c2)[C@@H](Cc2ccccc2)C(=O)NC(C)C)c2ccc(Br)cc2)cc1. The number of nitrogens with one attached hydrogen (secondary N) is 1. The highest BCUT2D eigenvalue weighted by molar-refractivity contribution is 9.10. The van der Waals surface area contributed by atoms with Gasteiger partial charge in [0.25, 0.3) is 10.0 Å². The minimum Gasteiger partial charge on any atom is -0.352 e. The smallest absolute Gasteiger partial charge is 0.264 e. The van der Waals surface area contributed by atoms with Gasteiger partial charge in [0.15, 0.2) is 0 Å². The van der Waals surface area contributed by atoms with Crippen molar-refractivity contribution in [3.8, 4) is 0 Å². The molecule has 4 aromatic rings. The Bertz CT molecular complexity index is 1740. The number of rotatable bonds is 12. The zero-order chi connectivity index (χ0) is 32.7. The number of carbonyl (C=O) groups excluding carboxylic acids is 2. The molecule has 7 nitrogen and oxygen atoms in total. The molecule has 0 aliphatic heterocycles. The van der Waals surface area contributed by atoms with Gasteiger partial charge in [-0.05, 0) is 80.4 Å². The van der Waals surface area contributed by atoms with Crippen LogP contribution in [0.25, 0.3) is 0 Å². The standard InChI is InChI=1S/C34H34BrCl2N3O4S/c1-23(2)38-34(42)32(20-25-7-5-4-6-8-25)39(21-26-11-18-30(36)31(37)19-26)33(41)22-40(28-14-12-27(35)13-15-28)45(43,44)29-16-9-24(3)10-17-29/h4-19,23,32H,20-22H2,1-3H3,(H,38,42)/t32-/m0/s1. The molecule has 0 heterocycles. The maximum atomic E-state index is 14.5. The fourth-order valence-electron chi connectivity index (χ4n) is 4.74. The quantitative estimate of drug-likeness (QED) is 0.164. The van der Waals surface area contributed by atoms with Gasteiger partial charge in [0.1, 0.15) is 12.6 Å². The molecule has 0 saturated heterocycles. The molecule has 0 aliphatic carbocycles. The molecule has 45 heavy (non-hydrogen) atoms. The molecule has 4 aromatic carbocycles. The zero-order valence-corrected chi connectivity index (χ0v) is 29.0. The van der Waals surface area contributed by atoms with Crippen molar-refractivity contribution in [2.45, 2.75) is 50.7 Å². The normalized spacial score (nSPS) is 12.1. The maximum absolute atomic E-state index is 14.5. The van der Waals surface area contributed by atoms with E-state index >= 15 is 0 Å². The van der Waals surface area contributed by atoms with E-state index < -0.39 is 28.5 Å². The Morgan fingerprint density at radius 3 is 2.09 bits per heavy atom. The first-order valence-corrected chi connectivity index (χ1v) is 17.3. The summed E-state index contributed by atoms with van der Waals surface area (Å²) in [5.41, 5.74) is 2.66. The van der Waals surface area contributed by atoms with Crippen LogP contribution in [0.4, 0.5) is 5.69 Å². The van der Waals surface area contributed by atoms with Crippen molar-refractivity contribution in [3.63, 3.8) is 0 Å². The summed E-state index contributed by atoms with van der Waals surface area (Å²) in [4.78, 5) is 29.7. The Morgan fingerprint density at radius 2 is 1.49 bits per heavy atom. The molecule has 4 rings (SSSR count). The molecule has 0 radical (unpaired) electrons. The van der Waals surface area contributed by atoms with E-state index in [4.69, 9.17) is 23.2 Å². The third kappa shape index (κ3) is 9.10. The number of anilines is 1. The summed E-state index contributed by atoms with van der Waals surface area (Å²) in [6, 6.07) is 26.3. The average molecular weight is 732 g/mol. The van der Waals surface area contributed by atoms with Crippen LogP contribution in [0.3, 0.4) is 0 Å². The van der Waals surface area contributed by atoms with Crippen molar-refractivity contribution in [1.29, 1.82) is 0 Å². The lowest BCUT2D eigenvalue weighted by atomic mass is 10.0. The molecule has 236 valence electrons. The van der Waals surface area contributed by atoms with Gasteiger partial charge in [-0.15, -0.1) is 0 Å². The van der Waals surface area contributed by atoms with Crippen molar-refractivity contribution >= 4 is 66.7 Å². The van der Waals surface area contributed by atoms with E-state index in [1.165, 1.54) is 17.0 Å². The van der Waals surface area contributed by atoms with Gasteiger partial charge in [0, 0.05) is 23.5 Å². The van der Waals surface area contributed by atoms with Crippen molar-refractivity contribution in [2.75, 3.05) is 10.8 Å². The Labute approximate surface area is 283 Å². The molecule has 0 aromatic heterocycles. The van der Waals surface area contributed by atoms with Crippen LogP contribution in [0.15, 0.2) is 106 Å². The number of aryl methyl sites for hydroxylation is 1. The van der Waals surface area contributed by atoms with Gasteiger partial charge in [0.2, 0.25) is 11.8 Å². The summed E-state index contributed by atoms with van der Waals surface area (Å²) in [5.74, 6) is -0.932. The van der Waals surface area contributed by atoms with Crippen LogP contribution in [-0.4, -0.2) is 43.8 Å². The lowest BCUT2D eigenvalue weighted by molar-refractivity contribution is -0.140. The fraction of sp³-hybridized carbons (Fsp3) is 0.235. The summed E-state index contributed by atoms with van der Waals surface area (Å²) < 4.78 is 30.0. The van der Waals surface area contributed by atoms with E-state index in [2.05, 4.69) is 21.2 Å². The van der Waals surface area contributed by atoms with Crippen molar-refractivity contribution in [2.24, 2.45) is 0 Å². The summed E-state index contributed by atoms with van der Waals surface area (Å²) in [7, 11) is -4.19. The molecule has 2 amide bonds. The number of carbonyl (C=O) groups is 2. The molecule has 0 unspecified atom stereocenters. The number of amides is 2. The molecular weight excluding hydrogens is 697 g/mol. The van der Waals surface area contributed by atoms with E-state index in [0.717, 1.165) is 19.9 Å². The second-order valence-corrected chi connectivity index (χ2v) is 14.5. The molecule has 11 heteroatoms. The first kappa shape index (κ1) is 34.5. The van der Waals surface area contributed by atoms with Gasteiger partial charge in [0.05, 0.1) is 20.6 Å². The number of benzene rings is 4. The first-order valence-electron chi connectivity index (χ1n) is 14.3. The number of hydrogen-bond donors (Lipinski definition) is 1. The van der Waals surface area contributed by atoms with E-state index in [1.807, 2.05) is 51.1 Å². The number of sulfonamides is 1. The number of nitrogens with zero attached hydrogens (tertiary/aromatic N) is 2. The highest BCUT2D eigenvalue weighted by Crippen LogP contribution is 2.28. The lowest BCUT2D eigenvalue weighted by Gasteiger charge is -2.34. The Hall–Kier alpha value is -3.37. The van der Waals surface area contributed by atoms with E-state index in [-0.39, 0.29) is 29.8 Å². The third-order valence-electron chi connectivity index (χ3n) is 7.04. The van der Waals surface area contributed by atoms with Crippen LogP contribution in [0.5, 0.6) is 0 Å². The predicted octanol–water partition coefficient (Wildman–Crippen LogP) is 7.42. The summed E-state index contributed by atoms with van der Waals surface area (Å²) in [5, 5.41) is 3.59. The van der Waals surface area contributed by atoms with Crippen LogP contribution in [0.2, 0.25) is 10.0 Å².